The molecule has 6 heteroatoms. The lowest BCUT2D eigenvalue weighted by Gasteiger charge is -2.31. The lowest BCUT2D eigenvalue weighted by Crippen LogP contribution is -2.39. The van der Waals surface area contributed by atoms with Crippen molar-refractivity contribution in [3.63, 3.8) is 0 Å². The van der Waals surface area contributed by atoms with Crippen LogP contribution in [0.1, 0.15) is 12.8 Å². The van der Waals surface area contributed by atoms with E-state index in [-0.39, 0.29) is 5.69 Å². The lowest BCUT2D eigenvalue weighted by molar-refractivity contribution is -0.384. The third kappa shape index (κ3) is 2.53. The normalized spacial score (nSPS) is 29.2. The second kappa shape index (κ2) is 4.98. The number of non-ortho nitro benzene ring substituents is 1. The van der Waals surface area contributed by atoms with Gasteiger partial charge in [0.15, 0.2) is 0 Å². The molecule has 102 valence electrons. The van der Waals surface area contributed by atoms with Crippen LogP contribution in [0.15, 0.2) is 18.2 Å². The van der Waals surface area contributed by atoms with Crippen LogP contribution in [0.25, 0.3) is 0 Å². The summed E-state index contributed by atoms with van der Waals surface area (Å²) >= 11 is 6.12. The fourth-order valence-electron chi connectivity index (χ4n) is 3.08. The summed E-state index contributed by atoms with van der Waals surface area (Å²) in [5.41, 5.74) is 0.837. The second-order valence-electron chi connectivity index (χ2n) is 5.31. The van der Waals surface area contributed by atoms with Crippen LogP contribution in [0.4, 0.5) is 11.4 Å². The number of hydrogen-bond acceptors (Lipinski definition) is 4. The third-order valence-corrected chi connectivity index (χ3v) is 4.45. The van der Waals surface area contributed by atoms with Gasteiger partial charge in [0.25, 0.3) is 5.69 Å². The van der Waals surface area contributed by atoms with Gasteiger partial charge in [0.2, 0.25) is 0 Å². The highest BCUT2D eigenvalue weighted by atomic mass is 35.5. The first-order valence-corrected chi connectivity index (χ1v) is 6.94. The van der Waals surface area contributed by atoms with Crippen molar-refractivity contribution in [3.8, 4) is 0 Å². The van der Waals surface area contributed by atoms with Crippen molar-refractivity contribution < 1.29 is 4.92 Å². The van der Waals surface area contributed by atoms with Gasteiger partial charge in [-0.2, -0.15) is 0 Å². The highest BCUT2D eigenvalue weighted by Gasteiger charge is 2.34. The van der Waals surface area contributed by atoms with Crippen LogP contribution in [-0.4, -0.2) is 35.5 Å². The number of nitro groups is 1. The summed E-state index contributed by atoms with van der Waals surface area (Å²) in [6, 6.07) is 5.05. The van der Waals surface area contributed by atoms with Crippen molar-refractivity contribution in [3.05, 3.63) is 33.3 Å². The number of benzene rings is 1. The van der Waals surface area contributed by atoms with E-state index in [1.54, 1.807) is 6.07 Å². The third-order valence-electron chi connectivity index (χ3n) is 4.14. The van der Waals surface area contributed by atoms with E-state index in [2.05, 4.69) is 10.2 Å². The summed E-state index contributed by atoms with van der Waals surface area (Å²) < 4.78 is 0. The van der Waals surface area contributed by atoms with E-state index in [9.17, 15) is 10.1 Å². The number of nitrogens with one attached hydrogen (secondary N) is 1. The van der Waals surface area contributed by atoms with E-state index in [1.165, 1.54) is 25.1 Å². The van der Waals surface area contributed by atoms with E-state index < -0.39 is 4.92 Å². The van der Waals surface area contributed by atoms with Crippen molar-refractivity contribution >= 4 is 23.0 Å². The maximum Gasteiger partial charge on any atom is 0.271 e. The van der Waals surface area contributed by atoms with Crippen molar-refractivity contribution in [2.75, 3.05) is 25.0 Å². The molecule has 0 radical (unpaired) electrons. The average molecular weight is 282 g/mol. The minimum Gasteiger partial charge on any atom is -0.381 e. The molecule has 0 saturated carbocycles. The van der Waals surface area contributed by atoms with Gasteiger partial charge in [-0.15, -0.1) is 0 Å². The Labute approximate surface area is 116 Å². The van der Waals surface area contributed by atoms with E-state index >= 15 is 0 Å². The molecule has 1 aromatic rings. The predicted molar refractivity (Wildman–Crippen MR) is 74.7 cm³/mol. The number of nitro benzene ring substituents is 1. The van der Waals surface area contributed by atoms with Crippen LogP contribution < -0.4 is 5.32 Å². The Bertz CT molecular complexity index is 509. The van der Waals surface area contributed by atoms with E-state index in [0.29, 0.717) is 17.0 Å². The highest BCUT2D eigenvalue weighted by Crippen LogP contribution is 2.32. The monoisotopic (exact) mass is 281 g/mol. The van der Waals surface area contributed by atoms with Crippen LogP contribution in [0.2, 0.25) is 5.02 Å². The molecule has 0 spiro atoms. The summed E-state index contributed by atoms with van der Waals surface area (Å²) in [5, 5.41) is 14.6. The number of nitrogens with zero attached hydrogens (tertiary/aromatic N) is 2. The molecule has 3 unspecified atom stereocenters. The molecule has 2 aliphatic heterocycles. The van der Waals surface area contributed by atoms with Gasteiger partial charge in [0.1, 0.15) is 0 Å². The van der Waals surface area contributed by atoms with Gasteiger partial charge >= 0.3 is 0 Å². The van der Waals surface area contributed by atoms with Gasteiger partial charge in [0.05, 0.1) is 15.6 Å². The van der Waals surface area contributed by atoms with Gasteiger partial charge in [0, 0.05) is 31.3 Å². The molecule has 2 heterocycles. The van der Waals surface area contributed by atoms with Crippen LogP contribution in [0.5, 0.6) is 0 Å². The van der Waals surface area contributed by atoms with Crippen molar-refractivity contribution in [1.29, 1.82) is 0 Å². The Morgan fingerprint density at radius 1 is 1.37 bits per heavy atom. The molecular weight excluding hydrogens is 266 g/mol. The molecule has 19 heavy (non-hydrogen) atoms. The molecule has 0 aromatic heterocycles. The molecule has 1 N–H and O–H groups in total. The summed E-state index contributed by atoms with van der Waals surface area (Å²) in [4.78, 5) is 12.7. The number of rotatable bonds is 3. The SMILES string of the molecule is O=[N+]([O-])c1ccc(NC2CCN3CCC2C3)c(Cl)c1. The summed E-state index contributed by atoms with van der Waals surface area (Å²) in [5.74, 6) is 0.667. The Morgan fingerprint density at radius 3 is 2.89 bits per heavy atom. The minimum absolute atomic E-state index is 0.0336. The van der Waals surface area contributed by atoms with Crippen LogP contribution in [0.3, 0.4) is 0 Å². The largest absolute Gasteiger partial charge is 0.381 e. The quantitative estimate of drug-likeness (QED) is 0.684. The van der Waals surface area contributed by atoms with Crippen LogP contribution in [-0.2, 0) is 0 Å². The molecule has 0 amide bonds. The molecule has 1 aromatic carbocycles. The number of anilines is 1. The van der Waals surface area contributed by atoms with Crippen molar-refractivity contribution in [1.82, 2.24) is 4.90 Å². The van der Waals surface area contributed by atoms with Crippen LogP contribution in [0, 0.1) is 16.0 Å². The summed E-state index contributed by atoms with van der Waals surface area (Å²) in [7, 11) is 0. The van der Waals surface area contributed by atoms with Gasteiger partial charge in [-0.3, -0.25) is 10.1 Å². The maximum absolute atomic E-state index is 10.7. The van der Waals surface area contributed by atoms with Gasteiger partial charge in [-0.25, -0.2) is 0 Å². The molecule has 2 saturated heterocycles. The summed E-state index contributed by atoms with van der Waals surface area (Å²) in [6.07, 6.45) is 2.33. The molecule has 2 aliphatic rings. The fourth-order valence-corrected chi connectivity index (χ4v) is 3.31. The number of hydrogen-bond donors (Lipinski definition) is 1. The van der Waals surface area contributed by atoms with Crippen molar-refractivity contribution in [2.24, 2.45) is 5.92 Å². The van der Waals surface area contributed by atoms with Gasteiger partial charge < -0.3 is 10.2 Å². The Morgan fingerprint density at radius 2 is 2.16 bits per heavy atom. The molecule has 5 nitrogen and oxygen atoms in total. The second-order valence-corrected chi connectivity index (χ2v) is 5.72. The zero-order chi connectivity index (χ0) is 13.4. The Balaban J connectivity index is 1.74. The Hall–Kier alpha value is -1.33. The number of piperidine rings is 1. The van der Waals surface area contributed by atoms with E-state index in [4.69, 9.17) is 11.6 Å². The lowest BCUT2D eigenvalue weighted by atomic mass is 9.94. The fraction of sp³-hybridized carbons (Fsp3) is 0.538. The highest BCUT2D eigenvalue weighted by molar-refractivity contribution is 6.33. The first-order chi connectivity index (χ1) is 9.13. The molecule has 3 atom stereocenters. The number of halogens is 1. The zero-order valence-corrected chi connectivity index (χ0v) is 11.3. The Kier molecular flexibility index (Phi) is 3.33. The predicted octanol–water partition coefficient (Wildman–Crippen LogP) is 2.75. The van der Waals surface area contributed by atoms with Crippen molar-refractivity contribution in [2.45, 2.75) is 18.9 Å². The average Bonchev–Trinajstić information content (AvgIpc) is 2.77. The molecule has 0 aliphatic carbocycles. The standard InChI is InChI=1S/C13H16ClN3O2/c14-11-7-10(17(18)19)1-2-13(11)15-12-4-6-16-5-3-9(12)8-16/h1-2,7,9,12,15H,3-6,8H2. The number of fused-ring (bicyclic) bond motifs is 2. The van der Waals surface area contributed by atoms with Gasteiger partial charge in [-0.05, 0) is 31.4 Å². The minimum atomic E-state index is -0.425. The molecule has 3 rings (SSSR count). The smallest absolute Gasteiger partial charge is 0.271 e. The first kappa shape index (κ1) is 12.7. The van der Waals surface area contributed by atoms with Gasteiger partial charge in [-0.1, -0.05) is 11.6 Å². The first-order valence-electron chi connectivity index (χ1n) is 6.56. The van der Waals surface area contributed by atoms with E-state index in [1.807, 2.05) is 0 Å². The molecular formula is C13H16ClN3O2. The van der Waals surface area contributed by atoms with Crippen LogP contribution >= 0.6 is 11.6 Å². The zero-order valence-electron chi connectivity index (χ0n) is 10.5. The molecule has 2 fully saturated rings. The topological polar surface area (TPSA) is 58.4 Å². The molecule has 2 bridgehead atoms. The maximum atomic E-state index is 10.7. The summed E-state index contributed by atoms with van der Waals surface area (Å²) in [6.45, 7) is 3.47. The van der Waals surface area contributed by atoms with E-state index in [0.717, 1.165) is 25.2 Å².